The maximum Gasteiger partial charge on any atom is 0.225 e. The lowest BCUT2D eigenvalue weighted by Crippen LogP contribution is -2.32. The molecule has 1 aliphatic rings. The van der Waals surface area contributed by atoms with Gasteiger partial charge in [0.1, 0.15) is 5.82 Å². The summed E-state index contributed by atoms with van der Waals surface area (Å²) in [6, 6.07) is 4.13. The first-order valence-corrected chi connectivity index (χ1v) is 6.38. The largest absolute Gasteiger partial charge is 0.396 e. The predicted molar refractivity (Wildman–Crippen MR) is 70.8 cm³/mol. The highest BCUT2D eigenvalue weighted by atomic mass is 19.1. The Balaban J connectivity index is 1.78. The number of nitrogens with zero attached hydrogens (tertiary/aromatic N) is 1. The van der Waals surface area contributed by atoms with E-state index in [4.69, 9.17) is 10.6 Å². The van der Waals surface area contributed by atoms with Crippen LogP contribution in [0.3, 0.4) is 0 Å². The Morgan fingerprint density at radius 1 is 1.47 bits per heavy atom. The second-order valence-corrected chi connectivity index (χ2v) is 4.50. The summed E-state index contributed by atoms with van der Waals surface area (Å²) in [6.07, 6.45) is 2.49. The molecule has 0 radical (unpaired) electrons. The summed E-state index contributed by atoms with van der Waals surface area (Å²) in [5, 5.41) is 4.49. The van der Waals surface area contributed by atoms with Gasteiger partial charge in [-0.2, -0.15) is 5.06 Å². The van der Waals surface area contributed by atoms with Gasteiger partial charge in [0.15, 0.2) is 0 Å². The first kappa shape index (κ1) is 13.8. The van der Waals surface area contributed by atoms with Gasteiger partial charge in [0, 0.05) is 25.2 Å². The molecule has 1 fully saturated rings. The molecule has 19 heavy (non-hydrogen) atoms. The van der Waals surface area contributed by atoms with Crippen LogP contribution in [-0.2, 0) is 9.63 Å². The van der Waals surface area contributed by atoms with Crippen molar-refractivity contribution in [1.82, 2.24) is 5.06 Å². The quantitative estimate of drug-likeness (QED) is 0.816. The molecule has 1 aromatic carbocycles. The summed E-state index contributed by atoms with van der Waals surface area (Å²) in [5.41, 5.74) is 5.96. The van der Waals surface area contributed by atoms with Gasteiger partial charge < -0.3 is 11.1 Å². The molecule has 0 aliphatic carbocycles. The molecule has 0 saturated carbocycles. The molecule has 1 aliphatic heterocycles. The third kappa shape index (κ3) is 4.18. The number of amides is 1. The van der Waals surface area contributed by atoms with Crippen LogP contribution in [-0.4, -0.2) is 30.7 Å². The summed E-state index contributed by atoms with van der Waals surface area (Å²) in [6.45, 7) is 2.13. The number of nitrogens with one attached hydrogen (secondary N) is 1. The van der Waals surface area contributed by atoms with E-state index in [1.54, 1.807) is 0 Å². The van der Waals surface area contributed by atoms with Crippen molar-refractivity contribution in [2.75, 3.05) is 30.7 Å². The maximum absolute atomic E-state index is 13.0. The molecule has 1 heterocycles. The third-order valence-corrected chi connectivity index (χ3v) is 2.94. The summed E-state index contributed by atoms with van der Waals surface area (Å²) < 4.78 is 13.0. The van der Waals surface area contributed by atoms with Crippen molar-refractivity contribution in [2.24, 2.45) is 0 Å². The summed E-state index contributed by atoms with van der Waals surface area (Å²) in [4.78, 5) is 17.1. The minimum absolute atomic E-state index is 0.0252. The second kappa shape index (κ2) is 6.49. The standard InChI is InChI=1S/C13H18FN3O2/c14-11-4-3-10(9-12(11)15)16-13(18)5-7-17-6-1-2-8-19-17/h3-4,9H,1-2,5-8,15H2,(H,16,18). The van der Waals surface area contributed by atoms with Crippen LogP contribution in [0.4, 0.5) is 15.8 Å². The van der Waals surface area contributed by atoms with Crippen molar-refractivity contribution in [3.05, 3.63) is 24.0 Å². The van der Waals surface area contributed by atoms with Gasteiger partial charge in [0.25, 0.3) is 0 Å². The van der Waals surface area contributed by atoms with Crippen molar-refractivity contribution in [3.63, 3.8) is 0 Å². The molecular weight excluding hydrogens is 249 g/mol. The van der Waals surface area contributed by atoms with Gasteiger partial charge in [-0.3, -0.25) is 9.63 Å². The summed E-state index contributed by atoms with van der Waals surface area (Å²) >= 11 is 0. The smallest absolute Gasteiger partial charge is 0.225 e. The van der Waals surface area contributed by atoms with Gasteiger partial charge in [0.2, 0.25) is 5.91 Å². The van der Waals surface area contributed by atoms with E-state index in [9.17, 15) is 9.18 Å². The zero-order valence-corrected chi connectivity index (χ0v) is 10.7. The monoisotopic (exact) mass is 267 g/mol. The Morgan fingerprint density at radius 3 is 3.00 bits per heavy atom. The number of hydroxylamine groups is 2. The fraction of sp³-hybridized carbons (Fsp3) is 0.462. The lowest BCUT2D eigenvalue weighted by molar-refractivity contribution is -0.181. The van der Waals surface area contributed by atoms with E-state index in [1.165, 1.54) is 18.2 Å². The maximum atomic E-state index is 13.0. The molecular formula is C13H18FN3O2. The van der Waals surface area contributed by atoms with E-state index in [0.717, 1.165) is 26.0 Å². The Hall–Kier alpha value is -1.66. The van der Waals surface area contributed by atoms with Gasteiger partial charge in [-0.15, -0.1) is 0 Å². The molecule has 0 spiro atoms. The van der Waals surface area contributed by atoms with E-state index in [1.807, 2.05) is 5.06 Å². The van der Waals surface area contributed by atoms with Crippen LogP contribution in [0.5, 0.6) is 0 Å². The number of carbonyl (C=O) groups is 1. The van der Waals surface area contributed by atoms with E-state index in [2.05, 4.69) is 5.32 Å². The number of hydrogen-bond donors (Lipinski definition) is 2. The SMILES string of the molecule is Nc1cc(NC(=O)CCN2CCCCO2)ccc1F. The predicted octanol–water partition coefficient (Wildman–Crippen LogP) is 1.76. The van der Waals surface area contributed by atoms with Crippen LogP contribution in [0, 0.1) is 5.82 Å². The van der Waals surface area contributed by atoms with Crippen LogP contribution < -0.4 is 11.1 Å². The number of rotatable bonds is 4. The van der Waals surface area contributed by atoms with Crippen LogP contribution in [0.15, 0.2) is 18.2 Å². The normalized spacial score (nSPS) is 16.3. The highest BCUT2D eigenvalue weighted by molar-refractivity contribution is 5.91. The summed E-state index contributed by atoms with van der Waals surface area (Å²) in [7, 11) is 0. The zero-order chi connectivity index (χ0) is 13.7. The van der Waals surface area contributed by atoms with Gasteiger partial charge in [-0.1, -0.05) is 0 Å². The number of carbonyl (C=O) groups excluding carboxylic acids is 1. The number of hydrogen-bond acceptors (Lipinski definition) is 4. The number of anilines is 2. The molecule has 1 amide bonds. The molecule has 6 heteroatoms. The summed E-state index contributed by atoms with van der Waals surface area (Å²) in [5.74, 6) is -0.625. The highest BCUT2D eigenvalue weighted by Crippen LogP contribution is 2.16. The molecule has 0 bridgehead atoms. The number of halogens is 1. The molecule has 0 unspecified atom stereocenters. The minimum atomic E-state index is -0.486. The van der Waals surface area contributed by atoms with Gasteiger partial charge in [0.05, 0.1) is 12.3 Å². The molecule has 104 valence electrons. The Labute approximate surface area is 111 Å². The Morgan fingerprint density at radius 2 is 2.32 bits per heavy atom. The Kier molecular flexibility index (Phi) is 4.70. The molecule has 0 atom stereocenters. The molecule has 1 aromatic rings. The number of benzene rings is 1. The Bertz CT molecular complexity index is 448. The van der Waals surface area contributed by atoms with Gasteiger partial charge >= 0.3 is 0 Å². The van der Waals surface area contributed by atoms with Crippen LogP contribution in [0.1, 0.15) is 19.3 Å². The van der Waals surface area contributed by atoms with E-state index in [0.29, 0.717) is 18.7 Å². The van der Waals surface area contributed by atoms with Crippen LogP contribution in [0.25, 0.3) is 0 Å². The van der Waals surface area contributed by atoms with E-state index < -0.39 is 5.82 Å². The fourth-order valence-corrected chi connectivity index (χ4v) is 1.90. The molecule has 2 rings (SSSR count). The number of nitrogen functional groups attached to an aromatic ring is 1. The van der Waals surface area contributed by atoms with E-state index >= 15 is 0 Å². The van der Waals surface area contributed by atoms with Crippen LogP contribution >= 0.6 is 0 Å². The molecule has 5 nitrogen and oxygen atoms in total. The van der Waals surface area contributed by atoms with Crippen molar-refractivity contribution >= 4 is 17.3 Å². The lowest BCUT2D eigenvalue weighted by Gasteiger charge is -2.25. The van der Waals surface area contributed by atoms with Crippen molar-refractivity contribution < 1.29 is 14.0 Å². The average molecular weight is 267 g/mol. The van der Waals surface area contributed by atoms with Crippen molar-refractivity contribution in [1.29, 1.82) is 0 Å². The van der Waals surface area contributed by atoms with Gasteiger partial charge in [-0.05, 0) is 31.0 Å². The van der Waals surface area contributed by atoms with Crippen molar-refractivity contribution in [2.45, 2.75) is 19.3 Å². The minimum Gasteiger partial charge on any atom is -0.396 e. The third-order valence-electron chi connectivity index (χ3n) is 2.94. The first-order valence-electron chi connectivity index (χ1n) is 6.38. The first-order chi connectivity index (χ1) is 9.15. The van der Waals surface area contributed by atoms with Crippen LogP contribution in [0.2, 0.25) is 0 Å². The molecule has 0 aromatic heterocycles. The van der Waals surface area contributed by atoms with Crippen molar-refractivity contribution in [3.8, 4) is 0 Å². The molecule has 1 saturated heterocycles. The zero-order valence-electron chi connectivity index (χ0n) is 10.7. The van der Waals surface area contributed by atoms with Gasteiger partial charge in [-0.25, -0.2) is 4.39 Å². The lowest BCUT2D eigenvalue weighted by atomic mass is 10.2. The average Bonchev–Trinajstić information content (AvgIpc) is 2.42. The number of nitrogens with two attached hydrogens (primary N) is 1. The second-order valence-electron chi connectivity index (χ2n) is 4.50. The van der Waals surface area contributed by atoms with E-state index in [-0.39, 0.29) is 11.6 Å². The fourth-order valence-electron chi connectivity index (χ4n) is 1.90. The molecule has 3 N–H and O–H groups in total. The highest BCUT2D eigenvalue weighted by Gasteiger charge is 2.12. The topological polar surface area (TPSA) is 67.6 Å².